The summed E-state index contributed by atoms with van der Waals surface area (Å²) in [5.41, 5.74) is 0. The maximum absolute atomic E-state index is 7.50. The summed E-state index contributed by atoms with van der Waals surface area (Å²) in [6.45, 7) is 20.0. The molecular weight excluding hydrogens is 256 g/mol. The molecule has 7 heteroatoms. The van der Waals surface area contributed by atoms with Gasteiger partial charge >= 0.3 is 45.2 Å². The zero-order valence-corrected chi connectivity index (χ0v) is 9.72. The molecule has 1 rings (SSSR count). The molecular formula is C9H9FeN2O4-. The van der Waals surface area contributed by atoms with E-state index in [0.717, 1.165) is 0 Å². The molecule has 0 unspecified atom stereocenters. The van der Waals surface area contributed by atoms with Crippen molar-refractivity contribution in [1.29, 1.82) is 0 Å². The first-order chi connectivity index (χ1) is 7.30. The molecule has 0 aromatic carbocycles. The molecule has 0 atom stereocenters. The minimum Gasteiger partial charge on any atom is 0 e. The van der Waals surface area contributed by atoms with Crippen LogP contribution in [0.1, 0.15) is 0 Å². The normalized spacial score (nSPS) is 9.50. The Kier molecular flexibility index (Phi) is 68.1. The van der Waals surface area contributed by atoms with Crippen LogP contribution in [0.25, 0.3) is 0 Å². The van der Waals surface area contributed by atoms with E-state index in [0.29, 0.717) is 0 Å². The van der Waals surface area contributed by atoms with Gasteiger partial charge in [-0.2, -0.15) is 6.08 Å². The maximum Gasteiger partial charge on any atom is 0 e. The van der Waals surface area contributed by atoms with E-state index in [1.165, 1.54) is 0 Å². The van der Waals surface area contributed by atoms with Crippen molar-refractivity contribution in [1.82, 2.24) is 10.0 Å². The van der Waals surface area contributed by atoms with Gasteiger partial charge in [0.2, 0.25) is 0 Å². The minimum absolute atomic E-state index is 0. The van der Waals surface area contributed by atoms with Crippen molar-refractivity contribution < 1.29 is 35.7 Å². The summed E-state index contributed by atoms with van der Waals surface area (Å²) in [4.78, 5) is 0. The van der Waals surface area contributed by atoms with Crippen molar-refractivity contribution in [2.24, 2.45) is 0 Å². The van der Waals surface area contributed by atoms with E-state index in [4.69, 9.17) is 18.6 Å². The van der Waals surface area contributed by atoms with Crippen molar-refractivity contribution in [3.8, 4) is 0 Å². The largest absolute Gasteiger partial charge is 0 e. The quantitative estimate of drug-likeness (QED) is 0.358. The van der Waals surface area contributed by atoms with Gasteiger partial charge in [0.1, 0.15) is 0 Å². The van der Waals surface area contributed by atoms with Crippen LogP contribution < -0.4 is 0 Å². The Morgan fingerprint density at radius 2 is 1.19 bits per heavy atom. The van der Waals surface area contributed by atoms with Gasteiger partial charge in [-0.05, 0) is 7.05 Å². The number of hydrogen-bond acceptors (Lipinski definition) is 2. The Morgan fingerprint density at radius 3 is 1.25 bits per heavy atom. The molecule has 0 amide bonds. The summed E-state index contributed by atoms with van der Waals surface area (Å²) in [5.74, 6) is 0. The van der Waals surface area contributed by atoms with E-state index < -0.39 is 0 Å². The molecule has 88 valence electrons. The number of nitrogens with zero attached hydrogens (tertiary/aromatic N) is 2. The molecule has 0 aromatic heterocycles. The molecule has 0 fully saturated rings. The van der Waals surface area contributed by atoms with Crippen molar-refractivity contribution >= 4 is 0 Å². The van der Waals surface area contributed by atoms with Crippen molar-refractivity contribution in [2.45, 2.75) is 0 Å². The molecule has 0 bridgehead atoms. The van der Waals surface area contributed by atoms with Crippen molar-refractivity contribution in [3.05, 3.63) is 45.4 Å². The van der Waals surface area contributed by atoms with Crippen LogP contribution in [0.3, 0.4) is 0 Å². The predicted octanol–water partition coefficient (Wildman–Crippen LogP) is 0.302. The molecule has 0 N–H and O–H groups in total. The third kappa shape index (κ3) is 23.0. The topological polar surface area (TPSA) is 86.1 Å². The monoisotopic (exact) mass is 265 g/mol. The maximum atomic E-state index is 7.50. The summed E-state index contributed by atoms with van der Waals surface area (Å²) in [5, 5.41) is 4.00. The van der Waals surface area contributed by atoms with Crippen LogP contribution in [0.2, 0.25) is 0 Å². The molecule has 0 radical (unpaired) electrons. The van der Waals surface area contributed by atoms with Gasteiger partial charge in [0.25, 0.3) is 0 Å². The number of likely N-dealkylation sites (N-methyl/N-ethyl adjacent to an activating group) is 1. The van der Waals surface area contributed by atoms with Gasteiger partial charge in [-0.15, -0.1) is 12.7 Å². The third-order valence-electron chi connectivity index (χ3n) is 1.10. The van der Waals surface area contributed by atoms with E-state index in [-0.39, 0.29) is 17.1 Å². The number of rotatable bonds is 0. The second kappa shape index (κ2) is 37.1. The Labute approximate surface area is 106 Å². The minimum atomic E-state index is 0. The van der Waals surface area contributed by atoms with Crippen LogP contribution in [0.5, 0.6) is 0 Å². The average molecular weight is 265 g/mol. The van der Waals surface area contributed by atoms with Crippen LogP contribution in [0.4, 0.5) is 0 Å². The van der Waals surface area contributed by atoms with E-state index in [1.807, 2.05) is 42.9 Å². The second-order valence-electron chi connectivity index (χ2n) is 1.64. The van der Waals surface area contributed by atoms with Crippen molar-refractivity contribution in [3.63, 3.8) is 0 Å². The van der Waals surface area contributed by atoms with Gasteiger partial charge < -0.3 is 5.01 Å². The molecule has 1 aliphatic rings. The van der Waals surface area contributed by atoms with Crippen LogP contribution in [-0.4, -0.2) is 24.1 Å². The van der Waals surface area contributed by atoms with Crippen LogP contribution in [0.15, 0.2) is 12.3 Å². The van der Waals surface area contributed by atoms with E-state index in [1.54, 1.807) is 0 Å². The second-order valence-corrected chi connectivity index (χ2v) is 1.64. The molecule has 0 saturated carbocycles. The first-order valence-corrected chi connectivity index (χ1v) is 3.09. The van der Waals surface area contributed by atoms with E-state index in [2.05, 4.69) is 26.6 Å². The van der Waals surface area contributed by atoms with Gasteiger partial charge in [-0.25, -0.2) is 0 Å². The molecule has 6 nitrogen and oxygen atoms in total. The third-order valence-corrected chi connectivity index (χ3v) is 1.10. The molecule has 0 aromatic rings. The number of hydrazine groups is 1. The van der Waals surface area contributed by atoms with Gasteiger partial charge in [-0.1, -0.05) is 0 Å². The SMILES string of the molecule is CN1C=C[CH-]N1C.[C-]#[O+].[C-]#[O+].[C-]#[O+].[C-]#[O+].[Fe]. The van der Waals surface area contributed by atoms with Gasteiger partial charge in [-0.3, -0.25) is 5.01 Å². The molecule has 16 heavy (non-hydrogen) atoms. The molecule has 1 heterocycles. The Balaban J connectivity index is -0.0000000390. The average Bonchev–Trinajstić information content (AvgIpc) is 2.74. The van der Waals surface area contributed by atoms with Gasteiger partial charge in [0.15, 0.2) is 0 Å². The summed E-state index contributed by atoms with van der Waals surface area (Å²) in [6, 6.07) is 0. The Morgan fingerprint density at radius 1 is 0.875 bits per heavy atom. The van der Waals surface area contributed by atoms with Gasteiger partial charge in [0, 0.05) is 24.1 Å². The smallest absolute Gasteiger partial charge is 0 e. The fourth-order valence-corrected chi connectivity index (χ4v) is 0.498. The van der Waals surface area contributed by atoms with Crippen LogP contribution in [0, 0.1) is 33.1 Å². The van der Waals surface area contributed by atoms with Gasteiger partial charge in [0.05, 0.1) is 0 Å². The summed E-state index contributed by atoms with van der Waals surface area (Å²) >= 11 is 0. The first-order valence-electron chi connectivity index (χ1n) is 3.09. The first kappa shape index (κ1) is 29.4. The van der Waals surface area contributed by atoms with Crippen molar-refractivity contribution in [2.75, 3.05) is 14.1 Å². The fraction of sp³-hybridized carbons (Fsp3) is 0.222. The Bertz CT molecular complexity index is 199. The number of hydrogen-bond donors (Lipinski definition) is 0. The Hall–Kier alpha value is -1.15. The van der Waals surface area contributed by atoms with E-state index in [9.17, 15) is 0 Å². The molecule has 0 spiro atoms. The predicted molar refractivity (Wildman–Crippen MR) is 44.7 cm³/mol. The molecule has 1 aliphatic heterocycles. The summed E-state index contributed by atoms with van der Waals surface area (Å²) < 4.78 is 30.0. The molecule has 0 saturated heterocycles. The zero-order valence-electron chi connectivity index (χ0n) is 8.61. The zero-order chi connectivity index (χ0) is 13.3. The molecule has 0 aliphatic carbocycles. The summed E-state index contributed by atoms with van der Waals surface area (Å²) in [6.07, 6.45) is 4.00. The summed E-state index contributed by atoms with van der Waals surface area (Å²) in [7, 11) is 4.00. The van der Waals surface area contributed by atoms with Crippen LogP contribution >= 0.6 is 0 Å². The standard InChI is InChI=1S/C5H9N2.4CO.Fe/c1-6-4-3-5-7(6)2;4*1-2;/h3-5H,1-2H3;;;;;/q-1;;;;;. The van der Waals surface area contributed by atoms with Crippen LogP contribution in [-0.2, 0) is 35.7 Å². The van der Waals surface area contributed by atoms with E-state index >= 15 is 0 Å². The fourth-order valence-electron chi connectivity index (χ4n) is 0.498.